The van der Waals surface area contributed by atoms with Gasteiger partial charge in [-0.15, -0.1) is 11.8 Å². The minimum absolute atomic E-state index is 0.0586. The van der Waals surface area contributed by atoms with E-state index in [4.69, 9.17) is 0 Å². The lowest BCUT2D eigenvalue weighted by molar-refractivity contribution is 0.595. The highest BCUT2D eigenvalue weighted by molar-refractivity contribution is 8.01. The highest BCUT2D eigenvalue weighted by atomic mass is 32.2. The molecule has 12 heavy (non-hydrogen) atoms. The van der Waals surface area contributed by atoms with Crippen molar-refractivity contribution in [2.24, 2.45) is 0 Å². The van der Waals surface area contributed by atoms with Gasteiger partial charge in [-0.3, -0.25) is 0 Å². The summed E-state index contributed by atoms with van der Waals surface area (Å²) in [6.45, 7) is 2.09. The smallest absolute Gasteiger partial charge is 0.147 e. The molecule has 0 N–H and O–H groups in total. The Bertz CT molecular complexity index is 279. The van der Waals surface area contributed by atoms with E-state index >= 15 is 0 Å². The Kier molecular flexibility index (Phi) is 2.88. The van der Waals surface area contributed by atoms with E-state index in [9.17, 15) is 8.42 Å². The van der Waals surface area contributed by atoms with Crippen molar-refractivity contribution in [3.8, 4) is 0 Å². The van der Waals surface area contributed by atoms with Gasteiger partial charge in [0.05, 0.1) is 5.75 Å². The first-order valence-corrected chi connectivity index (χ1v) is 6.95. The molecule has 1 atom stereocenters. The molecular formula is C8H14O2S2. The lowest BCUT2D eigenvalue weighted by Crippen LogP contribution is -2.19. The molecule has 0 fully saturated rings. The van der Waals surface area contributed by atoms with Crippen LogP contribution in [0.15, 0.2) is 12.2 Å². The van der Waals surface area contributed by atoms with Gasteiger partial charge in [0.1, 0.15) is 9.84 Å². The minimum Gasteiger partial charge on any atom is -0.229 e. The van der Waals surface area contributed by atoms with Gasteiger partial charge in [-0.25, -0.2) is 8.42 Å². The van der Waals surface area contributed by atoms with Crippen LogP contribution < -0.4 is 0 Å². The van der Waals surface area contributed by atoms with E-state index in [1.165, 1.54) is 6.26 Å². The number of rotatable bonds is 3. The maximum Gasteiger partial charge on any atom is 0.147 e. The second kappa shape index (κ2) is 3.42. The van der Waals surface area contributed by atoms with E-state index in [1.54, 1.807) is 0 Å². The summed E-state index contributed by atoms with van der Waals surface area (Å²) < 4.78 is 21.9. The second-order valence-electron chi connectivity index (χ2n) is 3.41. The van der Waals surface area contributed by atoms with Gasteiger partial charge in [-0.1, -0.05) is 12.2 Å². The third-order valence-electron chi connectivity index (χ3n) is 1.95. The molecule has 1 unspecified atom stereocenters. The molecule has 2 nitrogen and oxygen atoms in total. The maximum atomic E-state index is 10.9. The topological polar surface area (TPSA) is 34.1 Å². The van der Waals surface area contributed by atoms with Gasteiger partial charge in [0, 0.05) is 16.8 Å². The van der Waals surface area contributed by atoms with Crippen LogP contribution in [-0.2, 0) is 9.84 Å². The first-order valence-electron chi connectivity index (χ1n) is 3.91. The summed E-state index contributed by atoms with van der Waals surface area (Å²) in [5.74, 6) is 1.31. The summed E-state index contributed by atoms with van der Waals surface area (Å²) in [5, 5.41) is 0. The second-order valence-corrected chi connectivity index (χ2v) is 7.22. The highest BCUT2D eigenvalue weighted by Gasteiger charge is 2.25. The fourth-order valence-electron chi connectivity index (χ4n) is 1.13. The van der Waals surface area contributed by atoms with E-state index in [0.717, 1.165) is 12.2 Å². The number of hydrogen-bond donors (Lipinski definition) is 0. The van der Waals surface area contributed by atoms with E-state index in [-0.39, 0.29) is 4.75 Å². The summed E-state index contributed by atoms with van der Waals surface area (Å²) in [6, 6.07) is 0. The Hall–Kier alpha value is 0.0400. The lowest BCUT2D eigenvalue weighted by atomic mass is 10.1. The lowest BCUT2D eigenvalue weighted by Gasteiger charge is -2.19. The molecule has 0 amide bonds. The van der Waals surface area contributed by atoms with Crippen LogP contribution in [0.5, 0.6) is 0 Å². The van der Waals surface area contributed by atoms with E-state index in [0.29, 0.717) is 5.75 Å². The molecule has 1 aliphatic heterocycles. The molecule has 0 aromatic carbocycles. The van der Waals surface area contributed by atoms with Crippen LogP contribution in [0.2, 0.25) is 0 Å². The van der Waals surface area contributed by atoms with Gasteiger partial charge in [-0.05, 0) is 13.3 Å². The van der Waals surface area contributed by atoms with Crippen LogP contribution in [0.3, 0.4) is 0 Å². The Morgan fingerprint density at radius 1 is 1.58 bits per heavy atom. The van der Waals surface area contributed by atoms with Crippen molar-refractivity contribution < 1.29 is 8.42 Å². The molecule has 4 heteroatoms. The summed E-state index contributed by atoms with van der Waals surface area (Å²) in [5.41, 5.74) is 0. The molecule has 0 aliphatic carbocycles. The van der Waals surface area contributed by atoms with Crippen molar-refractivity contribution in [1.29, 1.82) is 0 Å². The van der Waals surface area contributed by atoms with Gasteiger partial charge in [-0.2, -0.15) is 0 Å². The molecule has 1 rings (SSSR count). The Morgan fingerprint density at radius 3 is 2.67 bits per heavy atom. The predicted octanol–water partition coefficient (Wildman–Crippen LogP) is 1.48. The molecule has 0 aromatic heterocycles. The molecule has 70 valence electrons. The molecule has 1 heterocycles. The maximum absolute atomic E-state index is 10.9. The van der Waals surface area contributed by atoms with Gasteiger partial charge in [0.2, 0.25) is 0 Å². The van der Waals surface area contributed by atoms with Gasteiger partial charge in [0.25, 0.3) is 0 Å². The van der Waals surface area contributed by atoms with Gasteiger partial charge >= 0.3 is 0 Å². The summed E-state index contributed by atoms with van der Waals surface area (Å²) in [7, 11) is -2.80. The molecule has 0 bridgehead atoms. The van der Waals surface area contributed by atoms with Crippen molar-refractivity contribution in [2.45, 2.75) is 18.1 Å². The molecule has 0 radical (unpaired) electrons. The fraction of sp³-hybridized carbons (Fsp3) is 0.750. The van der Waals surface area contributed by atoms with Crippen LogP contribution in [0.1, 0.15) is 13.3 Å². The van der Waals surface area contributed by atoms with Crippen molar-refractivity contribution in [3.05, 3.63) is 12.2 Å². The number of thioether (sulfide) groups is 1. The van der Waals surface area contributed by atoms with Gasteiger partial charge < -0.3 is 0 Å². The van der Waals surface area contributed by atoms with Crippen LogP contribution in [-0.4, -0.2) is 30.9 Å². The average Bonchev–Trinajstić information content (AvgIpc) is 2.32. The fourth-order valence-corrected chi connectivity index (χ4v) is 3.06. The standard InChI is InChI=1S/C8H14O2S2/c1-8(4-3-6-11-8)5-7-12(2,9)10/h3-4H,5-7H2,1-2H3. The molecule has 0 saturated carbocycles. The van der Waals surface area contributed by atoms with Crippen molar-refractivity contribution in [2.75, 3.05) is 17.8 Å². The SMILES string of the molecule is CC1(CCS(C)(=O)=O)C=CCS1. The average molecular weight is 206 g/mol. The van der Waals surface area contributed by atoms with E-state index < -0.39 is 9.84 Å². The van der Waals surface area contributed by atoms with Crippen LogP contribution in [0.25, 0.3) is 0 Å². The Morgan fingerprint density at radius 2 is 2.25 bits per heavy atom. The Balaban J connectivity index is 2.47. The molecule has 0 saturated heterocycles. The zero-order valence-electron chi connectivity index (χ0n) is 7.41. The van der Waals surface area contributed by atoms with Crippen molar-refractivity contribution in [3.63, 3.8) is 0 Å². The summed E-state index contributed by atoms with van der Waals surface area (Å²) >= 11 is 1.81. The monoisotopic (exact) mass is 206 g/mol. The third-order valence-corrected chi connectivity index (χ3v) is 4.25. The highest BCUT2D eigenvalue weighted by Crippen LogP contribution is 2.35. The van der Waals surface area contributed by atoms with Crippen LogP contribution in [0.4, 0.5) is 0 Å². The quantitative estimate of drug-likeness (QED) is 0.656. The Labute approximate surface area is 78.3 Å². The molecule has 0 aromatic rings. The summed E-state index contributed by atoms with van der Waals surface area (Å²) in [4.78, 5) is 0. The molecule has 1 aliphatic rings. The van der Waals surface area contributed by atoms with E-state index in [2.05, 4.69) is 19.1 Å². The molecular weight excluding hydrogens is 192 g/mol. The zero-order valence-corrected chi connectivity index (χ0v) is 9.04. The van der Waals surface area contributed by atoms with Crippen LogP contribution in [0, 0.1) is 0 Å². The normalized spacial score (nSPS) is 29.5. The predicted molar refractivity (Wildman–Crippen MR) is 54.3 cm³/mol. The summed E-state index contributed by atoms with van der Waals surface area (Å²) in [6.07, 6.45) is 6.24. The first-order chi connectivity index (χ1) is 5.41. The van der Waals surface area contributed by atoms with E-state index in [1.807, 2.05) is 11.8 Å². The largest absolute Gasteiger partial charge is 0.229 e. The van der Waals surface area contributed by atoms with Gasteiger partial charge in [0.15, 0.2) is 0 Å². The minimum atomic E-state index is -2.80. The first kappa shape index (κ1) is 10.1. The number of hydrogen-bond acceptors (Lipinski definition) is 3. The van der Waals surface area contributed by atoms with Crippen molar-refractivity contribution in [1.82, 2.24) is 0 Å². The zero-order chi connectivity index (χ0) is 9.24. The number of sulfone groups is 1. The third kappa shape index (κ3) is 3.19. The van der Waals surface area contributed by atoms with Crippen molar-refractivity contribution >= 4 is 21.6 Å². The molecule has 0 spiro atoms. The van der Waals surface area contributed by atoms with Crippen LogP contribution >= 0.6 is 11.8 Å².